The van der Waals surface area contributed by atoms with Crippen molar-refractivity contribution in [2.75, 3.05) is 7.05 Å². The molecule has 4 nitrogen and oxygen atoms in total. The molecule has 1 unspecified atom stereocenters. The smallest absolute Gasteiger partial charge is 0.268 e. The Morgan fingerprint density at radius 1 is 1.23 bits per heavy atom. The number of likely N-dealkylation sites (N-methyl/N-ethyl adjacent to an activating group) is 1. The Morgan fingerprint density at radius 2 is 2.00 bits per heavy atom. The lowest BCUT2D eigenvalue weighted by Gasteiger charge is -2.04. The lowest BCUT2D eigenvalue weighted by molar-refractivity contribution is 0.419. The molecule has 2 aromatic heterocycles. The summed E-state index contributed by atoms with van der Waals surface area (Å²) in [4.78, 5) is 5.56. The molecule has 0 spiro atoms. The van der Waals surface area contributed by atoms with Crippen molar-refractivity contribution in [1.82, 2.24) is 15.5 Å². The fourth-order valence-electron chi connectivity index (χ4n) is 2.24. The minimum absolute atomic E-state index is 0.324. The van der Waals surface area contributed by atoms with Gasteiger partial charge in [0.05, 0.1) is 0 Å². The average Bonchev–Trinajstić information content (AvgIpc) is 3.16. The largest absolute Gasteiger partial charge is 0.333 e. The van der Waals surface area contributed by atoms with E-state index in [2.05, 4.69) is 65.0 Å². The Kier molecular flexibility index (Phi) is 4.36. The van der Waals surface area contributed by atoms with Crippen molar-refractivity contribution in [1.29, 1.82) is 0 Å². The van der Waals surface area contributed by atoms with Crippen LogP contribution < -0.4 is 5.32 Å². The summed E-state index contributed by atoms with van der Waals surface area (Å²) < 4.78 is 5.46. The van der Waals surface area contributed by atoms with Gasteiger partial charge in [-0.15, -0.1) is 11.3 Å². The molecule has 5 heteroatoms. The highest BCUT2D eigenvalue weighted by molar-refractivity contribution is 7.14. The second-order valence-electron chi connectivity index (χ2n) is 5.44. The molecule has 0 radical (unpaired) electrons. The van der Waals surface area contributed by atoms with E-state index in [0.717, 1.165) is 22.7 Å². The zero-order valence-corrected chi connectivity index (χ0v) is 13.8. The molecule has 1 atom stereocenters. The fraction of sp³-hybridized carbons (Fsp3) is 0.294. The predicted octanol–water partition coefficient (Wildman–Crippen LogP) is 3.92. The van der Waals surface area contributed by atoms with Gasteiger partial charge in [-0.3, -0.25) is 0 Å². The molecule has 0 saturated heterocycles. The van der Waals surface area contributed by atoms with Gasteiger partial charge in [0.25, 0.3) is 5.89 Å². The van der Waals surface area contributed by atoms with E-state index in [0.29, 0.717) is 11.9 Å². The van der Waals surface area contributed by atoms with Crippen molar-refractivity contribution < 1.29 is 4.52 Å². The van der Waals surface area contributed by atoms with Gasteiger partial charge in [0, 0.05) is 18.0 Å². The minimum Gasteiger partial charge on any atom is -0.333 e. The summed E-state index contributed by atoms with van der Waals surface area (Å²) in [6, 6.07) is 10.9. The number of thiophene rings is 1. The van der Waals surface area contributed by atoms with Crippen molar-refractivity contribution in [3.05, 3.63) is 47.1 Å². The maximum atomic E-state index is 5.46. The van der Waals surface area contributed by atoms with E-state index in [1.54, 1.807) is 11.3 Å². The first-order valence-corrected chi connectivity index (χ1v) is 8.20. The lowest BCUT2D eigenvalue weighted by Crippen LogP contribution is -2.24. The summed E-state index contributed by atoms with van der Waals surface area (Å²) in [5.74, 6) is 1.34. The second-order valence-corrected chi connectivity index (χ2v) is 6.36. The van der Waals surface area contributed by atoms with Crippen LogP contribution in [-0.4, -0.2) is 23.2 Å². The van der Waals surface area contributed by atoms with Crippen LogP contribution in [0.1, 0.15) is 18.3 Å². The summed E-state index contributed by atoms with van der Waals surface area (Å²) in [5, 5.41) is 9.33. The first-order chi connectivity index (χ1) is 10.7. The topological polar surface area (TPSA) is 51.0 Å². The van der Waals surface area contributed by atoms with Crippen molar-refractivity contribution in [3.8, 4) is 21.9 Å². The van der Waals surface area contributed by atoms with Crippen LogP contribution in [0.2, 0.25) is 0 Å². The lowest BCUT2D eigenvalue weighted by atomic mass is 10.1. The number of nitrogens with one attached hydrogen (secondary N) is 1. The number of benzene rings is 1. The third kappa shape index (κ3) is 3.10. The third-order valence-electron chi connectivity index (χ3n) is 3.67. The molecule has 0 aliphatic heterocycles. The number of nitrogens with zero attached hydrogens (tertiary/aromatic N) is 2. The zero-order valence-electron chi connectivity index (χ0n) is 13.0. The van der Waals surface area contributed by atoms with Crippen molar-refractivity contribution >= 4 is 11.3 Å². The van der Waals surface area contributed by atoms with Gasteiger partial charge in [-0.25, -0.2) is 0 Å². The van der Waals surface area contributed by atoms with Gasteiger partial charge < -0.3 is 9.84 Å². The van der Waals surface area contributed by atoms with Crippen molar-refractivity contribution in [2.24, 2.45) is 0 Å². The quantitative estimate of drug-likeness (QED) is 0.775. The summed E-state index contributed by atoms with van der Waals surface area (Å²) in [6.07, 6.45) is 0.755. The van der Waals surface area contributed by atoms with Crippen LogP contribution >= 0.6 is 11.3 Å². The van der Waals surface area contributed by atoms with Crippen LogP contribution in [0.3, 0.4) is 0 Å². The highest BCUT2D eigenvalue weighted by atomic mass is 32.1. The molecule has 3 rings (SSSR count). The SMILES string of the molecule is CNC(C)Cc1noc(-c2sccc2-c2ccc(C)cc2)n1. The van der Waals surface area contributed by atoms with Crippen molar-refractivity contribution in [2.45, 2.75) is 26.3 Å². The molecule has 0 saturated carbocycles. The Hall–Kier alpha value is -1.98. The van der Waals surface area contributed by atoms with Crippen molar-refractivity contribution in [3.63, 3.8) is 0 Å². The molecular weight excluding hydrogens is 294 g/mol. The fourth-order valence-corrected chi connectivity index (χ4v) is 3.08. The molecule has 3 aromatic rings. The minimum atomic E-state index is 0.324. The molecule has 0 bridgehead atoms. The molecule has 0 amide bonds. The van der Waals surface area contributed by atoms with Gasteiger partial charge in [0.15, 0.2) is 5.82 Å². The van der Waals surface area contributed by atoms with E-state index in [1.165, 1.54) is 11.1 Å². The van der Waals surface area contributed by atoms with Crippen LogP contribution in [0.15, 0.2) is 40.2 Å². The monoisotopic (exact) mass is 313 g/mol. The molecule has 1 N–H and O–H groups in total. The first kappa shape index (κ1) is 14.9. The highest BCUT2D eigenvalue weighted by Crippen LogP contribution is 2.35. The average molecular weight is 313 g/mol. The Morgan fingerprint density at radius 3 is 2.73 bits per heavy atom. The molecule has 114 valence electrons. The number of hydrogen-bond donors (Lipinski definition) is 1. The zero-order chi connectivity index (χ0) is 15.5. The van der Waals surface area contributed by atoms with Gasteiger partial charge >= 0.3 is 0 Å². The number of aryl methyl sites for hydroxylation is 1. The number of rotatable bonds is 5. The number of hydrogen-bond acceptors (Lipinski definition) is 5. The summed E-state index contributed by atoms with van der Waals surface area (Å²) >= 11 is 1.63. The van der Waals surface area contributed by atoms with Gasteiger partial charge in [-0.1, -0.05) is 35.0 Å². The second kappa shape index (κ2) is 6.42. The molecule has 1 aromatic carbocycles. The van der Waals surface area contributed by atoms with Crippen LogP contribution in [-0.2, 0) is 6.42 Å². The highest BCUT2D eigenvalue weighted by Gasteiger charge is 2.16. The molecule has 0 fully saturated rings. The molecule has 0 aliphatic rings. The summed E-state index contributed by atoms with van der Waals surface area (Å²) in [6.45, 7) is 4.18. The van der Waals surface area contributed by atoms with Crippen LogP contribution in [0, 0.1) is 6.92 Å². The van der Waals surface area contributed by atoms with E-state index in [4.69, 9.17) is 4.52 Å². The van der Waals surface area contributed by atoms with Crippen LogP contribution in [0.25, 0.3) is 21.9 Å². The van der Waals surface area contributed by atoms with Gasteiger partial charge in [0.1, 0.15) is 4.88 Å². The molecule has 22 heavy (non-hydrogen) atoms. The van der Waals surface area contributed by atoms with E-state index in [-0.39, 0.29) is 0 Å². The third-order valence-corrected chi connectivity index (χ3v) is 4.57. The van der Waals surface area contributed by atoms with E-state index >= 15 is 0 Å². The van der Waals surface area contributed by atoms with E-state index in [9.17, 15) is 0 Å². The van der Waals surface area contributed by atoms with Gasteiger partial charge in [-0.2, -0.15) is 4.98 Å². The van der Waals surface area contributed by atoms with Gasteiger partial charge in [0.2, 0.25) is 0 Å². The van der Waals surface area contributed by atoms with E-state index in [1.807, 2.05) is 7.05 Å². The normalized spacial score (nSPS) is 12.5. The Bertz CT molecular complexity index is 745. The summed E-state index contributed by atoms with van der Waals surface area (Å²) in [5.41, 5.74) is 3.56. The predicted molar refractivity (Wildman–Crippen MR) is 90.0 cm³/mol. The molecular formula is C17H19N3OS. The Balaban J connectivity index is 1.90. The van der Waals surface area contributed by atoms with Crippen LogP contribution in [0.4, 0.5) is 0 Å². The van der Waals surface area contributed by atoms with E-state index < -0.39 is 0 Å². The molecule has 0 aliphatic carbocycles. The standard InChI is InChI=1S/C17H19N3OS/c1-11-4-6-13(7-5-11)14-8-9-22-16(14)17-19-15(20-21-17)10-12(2)18-3/h4-9,12,18H,10H2,1-3H3. The Labute approximate surface area is 134 Å². The van der Waals surface area contributed by atoms with Gasteiger partial charge in [-0.05, 0) is 37.9 Å². The number of aromatic nitrogens is 2. The maximum Gasteiger partial charge on any atom is 0.268 e. The molecule has 2 heterocycles. The van der Waals surface area contributed by atoms with Crippen LogP contribution in [0.5, 0.6) is 0 Å². The maximum absolute atomic E-state index is 5.46. The first-order valence-electron chi connectivity index (χ1n) is 7.32. The summed E-state index contributed by atoms with van der Waals surface area (Å²) in [7, 11) is 1.93.